The van der Waals surface area contributed by atoms with E-state index in [1.807, 2.05) is 0 Å². The molecule has 8 nitrogen and oxygen atoms in total. The van der Waals surface area contributed by atoms with Crippen molar-refractivity contribution in [3.63, 3.8) is 0 Å². The molecule has 3 rings (SSSR count). The van der Waals surface area contributed by atoms with Crippen molar-refractivity contribution in [3.8, 4) is 0 Å². The van der Waals surface area contributed by atoms with Gasteiger partial charge in [-0.1, -0.05) is 11.6 Å². The Morgan fingerprint density at radius 1 is 1.27 bits per heavy atom. The van der Waals surface area contributed by atoms with Gasteiger partial charge in [-0.2, -0.15) is 0 Å². The second kappa shape index (κ2) is 7.50. The van der Waals surface area contributed by atoms with Crippen LogP contribution in [-0.2, 0) is 10.0 Å². The van der Waals surface area contributed by atoms with Gasteiger partial charge in [0.05, 0.1) is 20.8 Å². The van der Waals surface area contributed by atoms with Crippen LogP contribution in [0.15, 0.2) is 18.2 Å². The molecule has 0 unspecified atom stereocenters. The number of rotatable bonds is 6. The second-order valence-electron chi connectivity index (χ2n) is 6.72. The molecule has 1 saturated carbocycles. The van der Waals surface area contributed by atoms with Gasteiger partial charge in [-0.05, 0) is 37.7 Å². The Balaban J connectivity index is 1.53. The molecule has 142 valence electrons. The lowest BCUT2D eigenvalue weighted by atomic mass is 9.98. The number of nitro groups is 1. The number of benzene rings is 1. The molecule has 1 aromatic rings. The fourth-order valence-electron chi connectivity index (χ4n) is 3.08. The maximum atomic E-state index is 12.3. The van der Waals surface area contributed by atoms with Gasteiger partial charge in [-0.3, -0.25) is 14.9 Å². The van der Waals surface area contributed by atoms with Gasteiger partial charge in [0.25, 0.3) is 11.6 Å². The summed E-state index contributed by atoms with van der Waals surface area (Å²) in [4.78, 5) is 22.5. The first-order valence-corrected chi connectivity index (χ1v) is 10.4. The molecule has 26 heavy (non-hydrogen) atoms. The molecule has 1 aliphatic carbocycles. The Morgan fingerprint density at radius 2 is 1.92 bits per heavy atom. The lowest BCUT2D eigenvalue weighted by molar-refractivity contribution is -0.384. The monoisotopic (exact) mass is 401 g/mol. The molecule has 0 atom stereocenters. The van der Waals surface area contributed by atoms with E-state index < -0.39 is 20.9 Å². The molecule has 0 radical (unpaired) electrons. The number of carbonyl (C=O) groups is 1. The standard InChI is InChI=1S/C16H20ClN3O5S/c17-15-4-1-12(20(22)23)9-14(15)16(21)18-10-11-5-7-19(8-6-11)26(24,25)13-2-3-13/h1,4,9,11,13H,2-3,5-8,10H2,(H,18,21). The largest absolute Gasteiger partial charge is 0.352 e. The minimum absolute atomic E-state index is 0.0645. The SMILES string of the molecule is O=C(NCC1CCN(S(=O)(=O)C2CC2)CC1)c1cc([N+](=O)[O-])ccc1Cl. The molecule has 1 saturated heterocycles. The van der Waals surface area contributed by atoms with Crippen LogP contribution in [0.3, 0.4) is 0 Å². The van der Waals surface area contributed by atoms with Crippen LogP contribution in [0.2, 0.25) is 5.02 Å². The Morgan fingerprint density at radius 3 is 2.50 bits per heavy atom. The molecule has 1 amide bonds. The van der Waals surface area contributed by atoms with E-state index in [1.165, 1.54) is 12.1 Å². The third kappa shape index (κ3) is 4.16. The van der Waals surface area contributed by atoms with Gasteiger partial charge in [0.15, 0.2) is 0 Å². The molecule has 1 heterocycles. The Labute approximate surface area is 156 Å². The minimum atomic E-state index is -3.14. The van der Waals surface area contributed by atoms with Gasteiger partial charge in [-0.25, -0.2) is 12.7 Å². The highest BCUT2D eigenvalue weighted by atomic mass is 35.5. The van der Waals surface area contributed by atoms with Crippen molar-refractivity contribution in [2.75, 3.05) is 19.6 Å². The maximum absolute atomic E-state index is 12.3. The molecule has 1 N–H and O–H groups in total. The average Bonchev–Trinajstić information content (AvgIpc) is 3.46. The Hall–Kier alpha value is -1.71. The van der Waals surface area contributed by atoms with E-state index in [9.17, 15) is 23.3 Å². The molecule has 1 aliphatic heterocycles. The highest BCUT2D eigenvalue weighted by Crippen LogP contribution is 2.33. The number of non-ortho nitro benzene ring substituents is 1. The molecule has 0 spiro atoms. The molecule has 10 heteroatoms. The quantitative estimate of drug-likeness (QED) is 0.580. The van der Waals surface area contributed by atoms with Crippen LogP contribution in [-0.4, -0.2) is 48.4 Å². The van der Waals surface area contributed by atoms with Crippen LogP contribution in [0.5, 0.6) is 0 Å². The van der Waals surface area contributed by atoms with E-state index in [1.54, 1.807) is 4.31 Å². The zero-order valence-corrected chi connectivity index (χ0v) is 15.6. The van der Waals surface area contributed by atoms with E-state index in [-0.39, 0.29) is 27.4 Å². The normalized spacial score (nSPS) is 19.3. The summed E-state index contributed by atoms with van der Waals surface area (Å²) in [5.41, 5.74) is -0.132. The number of carbonyl (C=O) groups excluding carboxylic acids is 1. The van der Waals surface area contributed by atoms with Gasteiger partial charge in [0.1, 0.15) is 0 Å². The fourth-order valence-corrected chi connectivity index (χ4v) is 5.15. The Kier molecular flexibility index (Phi) is 5.50. The number of hydrogen-bond acceptors (Lipinski definition) is 5. The predicted octanol–water partition coefficient (Wildman–Crippen LogP) is 2.18. The average molecular weight is 402 g/mol. The molecule has 0 bridgehead atoms. The number of nitrogens with zero attached hydrogens (tertiary/aromatic N) is 2. The summed E-state index contributed by atoms with van der Waals surface area (Å²) >= 11 is 5.97. The highest BCUT2D eigenvalue weighted by Gasteiger charge is 2.41. The zero-order chi connectivity index (χ0) is 18.9. The van der Waals surface area contributed by atoms with Gasteiger partial charge < -0.3 is 5.32 Å². The fraction of sp³-hybridized carbons (Fsp3) is 0.562. The molecular weight excluding hydrogens is 382 g/mol. The van der Waals surface area contributed by atoms with Crippen molar-refractivity contribution in [2.45, 2.75) is 30.9 Å². The molecule has 2 aliphatic rings. The summed E-state index contributed by atoms with van der Waals surface area (Å²) in [6.07, 6.45) is 2.86. The van der Waals surface area contributed by atoms with E-state index in [4.69, 9.17) is 11.6 Å². The van der Waals surface area contributed by atoms with Crippen LogP contribution in [0, 0.1) is 16.0 Å². The zero-order valence-electron chi connectivity index (χ0n) is 14.1. The van der Waals surface area contributed by atoms with Crippen molar-refractivity contribution >= 4 is 33.2 Å². The summed E-state index contributed by atoms with van der Waals surface area (Å²) < 4.78 is 26.0. The van der Waals surface area contributed by atoms with E-state index in [2.05, 4.69) is 5.32 Å². The summed E-state index contributed by atoms with van der Waals surface area (Å²) in [6, 6.07) is 3.73. The first-order chi connectivity index (χ1) is 12.3. The molecule has 2 fully saturated rings. The summed E-state index contributed by atoms with van der Waals surface area (Å²) in [5.74, 6) is -0.297. The summed E-state index contributed by atoms with van der Waals surface area (Å²) in [6.45, 7) is 1.32. The van der Waals surface area contributed by atoms with Crippen LogP contribution in [0.4, 0.5) is 5.69 Å². The van der Waals surface area contributed by atoms with Gasteiger partial charge in [0, 0.05) is 31.8 Å². The van der Waals surface area contributed by atoms with Gasteiger partial charge in [-0.15, -0.1) is 0 Å². The van der Waals surface area contributed by atoms with Crippen molar-refractivity contribution in [2.24, 2.45) is 5.92 Å². The highest BCUT2D eigenvalue weighted by molar-refractivity contribution is 7.90. The number of sulfonamides is 1. The van der Waals surface area contributed by atoms with Crippen molar-refractivity contribution in [1.29, 1.82) is 0 Å². The van der Waals surface area contributed by atoms with E-state index in [0.717, 1.165) is 18.9 Å². The lowest BCUT2D eigenvalue weighted by Gasteiger charge is -2.31. The van der Waals surface area contributed by atoms with Gasteiger partial charge >= 0.3 is 0 Å². The lowest BCUT2D eigenvalue weighted by Crippen LogP contribution is -2.42. The van der Waals surface area contributed by atoms with Crippen molar-refractivity contribution < 1.29 is 18.1 Å². The number of amides is 1. The van der Waals surface area contributed by atoms with Crippen molar-refractivity contribution in [1.82, 2.24) is 9.62 Å². The van der Waals surface area contributed by atoms with Crippen molar-refractivity contribution in [3.05, 3.63) is 38.9 Å². The molecular formula is C16H20ClN3O5S. The number of nitrogens with one attached hydrogen (secondary N) is 1. The first-order valence-electron chi connectivity index (χ1n) is 8.50. The second-order valence-corrected chi connectivity index (χ2v) is 9.34. The Bertz CT molecular complexity index is 817. The molecule has 0 aromatic heterocycles. The minimum Gasteiger partial charge on any atom is -0.352 e. The van der Waals surface area contributed by atoms with Gasteiger partial charge in [0.2, 0.25) is 10.0 Å². The smallest absolute Gasteiger partial charge is 0.270 e. The molecule has 1 aromatic carbocycles. The van der Waals surface area contributed by atoms with Crippen LogP contribution >= 0.6 is 11.6 Å². The van der Waals surface area contributed by atoms with Crippen LogP contribution in [0.25, 0.3) is 0 Å². The summed E-state index contributed by atoms with van der Waals surface area (Å²) in [5, 5.41) is 13.5. The number of hydrogen-bond donors (Lipinski definition) is 1. The van der Waals surface area contributed by atoms with Crippen LogP contribution in [0.1, 0.15) is 36.0 Å². The number of halogens is 1. The third-order valence-electron chi connectivity index (χ3n) is 4.84. The number of nitro benzene ring substituents is 1. The van der Waals surface area contributed by atoms with Crippen LogP contribution < -0.4 is 5.32 Å². The third-order valence-corrected chi connectivity index (χ3v) is 7.56. The predicted molar refractivity (Wildman–Crippen MR) is 96.7 cm³/mol. The summed E-state index contributed by atoms with van der Waals surface area (Å²) in [7, 11) is -3.14. The van der Waals surface area contributed by atoms with E-state index in [0.29, 0.717) is 32.5 Å². The van der Waals surface area contributed by atoms with E-state index >= 15 is 0 Å². The number of piperidine rings is 1. The topological polar surface area (TPSA) is 110 Å². The maximum Gasteiger partial charge on any atom is 0.270 e. The first kappa shape index (κ1) is 19.1.